The van der Waals surface area contributed by atoms with Crippen LogP contribution in [0.4, 0.5) is 10.1 Å². The van der Waals surface area contributed by atoms with Crippen molar-refractivity contribution in [2.24, 2.45) is 0 Å². The molecule has 21 heavy (non-hydrogen) atoms. The van der Waals surface area contributed by atoms with E-state index in [9.17, 15) is 12.8 Å². The molecular formula is C12H10Cl2FNO3S2. The largest absolute Gasteiger partial charge is 0.391 e. The molecule has 0 aliphatic carbocycles. The zero-order valence-corrected chi connectivity index (χ0v) is 13.8. The molecule has 0 unspecified atom stereocenters. The summed E-state index contributed by atoms with van der Waals surface area (Å²) in [5.41, 5.74) is -0.0871. The molecule has 9 heteroatoms. The van der Waals surface area contributed by atoms with Crippen molar-refractivity contribution < 1.29 is 17.9 Å². The number of aliphatic hydroxyl groups is 1. The standard InChI is InChI=1S/C12H10Cl2FNO3S2/c1-6-11(4-8(5-17)20-6)21(18,19)16-12-9(13)2-7(15)3-10(12)14/h2-4,16-17H,5H2,1H3. The van der Waals surface area contributed by atoms with Crippen LogP contribution in [0.1, 0.15) is 9.75 Å². The number of nitrogens with one attached hydrogen (secondary N) is 1. The van der Waals surface area contributed by atoms with E-state index in [-0.39, 0.29) is 27.2 Å². The van der Waals surface area contributed by atoms with Gasteiger partial charge in [-0.05, 0) is 25.1 Å². The van der Waals surface area contributed by atoms with Gasteiger partial charge in [-0.2, -0.15) is 0 Å². The highest BCUT2D eigenvalue weighted by molar-refractivity contribution is 7.93. The van der Waals surface area contributed by atoms with Gasteiger partial charge in [0.2, 0.25) is 0 Å². The first-order valence-electron chi connectivity index (χ1n) is 5.62. The molecule has 1 aromatic carbocycles. The van der Waals surface area contributed by atoms with Gasteiger partial charge in [0, 0.05) is 9.75 Å². The van der Waals surface area contributed by atoms with E-state index in [1.165, 1.54) is 17.4 Å². The molecule has 2 aromatic rings. The SMILES string of the molecule is Cc1sc(CO)cc1S(=O)(=O)Nc1c(Cl)cc(F)cc1Cl. The number of hydrogen-bond donors (Lipinski definition) is 2. The normalized spacial score (nSPS) is 11.7. The van der Waals surface area contributed by atoms with Crippen molar-refractivity contribution in [3.05, 3.63) is 43.8 Å². The van der Waals surface area contributed by atoms with Crippen LogP contribution in [0, 0.1) is 12.7 Å². The number of benzene rings is 1. The van der Waals surface area contributed by atoms with Gasteiger partial charge in [-0.1, -0.05) is 23.2 Å². The van der Waals surface area contributed by atoms with Gasteiger partial charge in [-0.3, -0.25) is 4.72 Å². The molecular weight excluding hydrogens is 360 g/mol. The minimum atomic E-state index is -3.93. The summed E-state index contributed by atoms with van der Waals surface area (Å²) < 4.78 is 40.0. The van der Waals surface area contributed by atoms with E-state index >= 15 is 0 Å². The molecule has 0 atom stereocenters. The molecule has 2 rings (SSSR count). The lowest BCUT2D eigenvalue weighted by molar-refractivity contribution is 0.285. The Hall–Kier alpha value is -0.860. The van der Waals surface area contributed by atoms with Crippen molar-refractivity contribution in [1.82, 2.24) is 0 Å². The van der Waals surface area contributed by atoms with Crippen LogP contribution in [0.25, 0.3) is 0 Å². The summed E-state index contributed by atoms with van der Waals surface area (Å²) in [7, 11) is -3.93. The quantitative estimate of drug-likeness (QED) is 0.861. The van der Waals surface area contributed by atoms with Crippen molar-refractivity contribution in [2.75, 3.05) is 4.72 Å². The average molecular weight is 370 g/mol. The summed E-state index contributed by atoms with van der Waals surface area (Å²) >= 11 is 12.8. The molecule has 0 aliphatic rings. The molecule has 4 nitrogen and oxygen atoms in total. The van der Waals surface area contributed by atoms with Gasteiger partial charge in [0.25, 0.3) is 10.0 Å². The Morgan fingerprint density at radius 3 is 2.33 bits per heavy atom. The number of anilines is 1. The second-order valence-electron chi connectivity index (χ2n) is 4.14. The second-order valence-corrected chi connectivity index (χ2v) is 7.95. The maximum absolute atomic E-state index is 13.1. The molecule has 1 aromatic heterocycles. The highest BCUT2D eigenvalue weighted by Crippen LogP contribution is 2.34. The number of hydrogen-bond acceptors (Lipinski definition) is 4. The molecule has 0 saturated heterocycles. The van der Waals surface area contributed by atoms with Crippen LogP contribution in [-0.4, -0.2) is 13.5 Å². The number of sulfonamides is 1. The fourth-order valence-corrected chi connectivity index (χ4v) is 4.96. The van der Waals surface area contributed by atoms with Gasteiger partial charge < -0.3 is 5.11 Å². The Morgan fingerprint density at radius 1 is 1.29 bits per heavy atom. The third kappa shape index (κ3) is 3.49. The summed E-state index contributed by atoms with van der Waals surface area (Å²) in [6.07, 6.45) is 0. The van der Waals surface area contributed by atoms with Gasteiger partial charge >= 0.3 is 0 Å². The van der Waals surface area contributed by atoms with Gasteiger partial charge in [-0.25, -0.2) is 12.8 Å². The van der Waals surface area contributed by atoms with Crippen LogP contribution in [0.2, 0.25) is 10.0 Å². The second kappa shape index (κ2) is 6.10. The van der Waals surface area contributed by atoms with Crippen molar-refractivity contribution in [3.63, 3.8) is 0 Å². The Kier molecular flexibility index (Phi) is 4.79. The van der Waals surface area contributed by atoms with E-state index in [1.54, 1.807) is 6.92 Å². The number of aryl methyl sites for hydroxylation is 1. The van der Waals surface area contributed by atoms with Crippen molar-refractivity contribution in [3.8, 4) is 0 Å². The molecule has 2 N–H and O–H groups in total. The van der Waals surface area contributed by atoms with Crippen LogP contribution < -0.4 is 4.72 Å². The first-order chi connectivity index (χ1) is 9.74. The third-order valence-corrected chi connectivity index (χ3v) is 5.85. The molecule has 114 valence electrons. The predicted octanol–water partition coefficient (Wildman–Crippen LogP) is 3.80. The van der Waals surface area contributed by atoms with Crippen molar-refractivity contribution in [2.45, 2.75) is 18.4 Å². The van der Waals surface area contributed by atoms with Crippen LogP contribution in [0.5, 0.6) is 0 Å². The lowest BCUT2D eigenvalue weighted by Crippen LogP contribution is -2.14. The average Bonchev–Trinajstić information content (AvgIpc) is 2.76. The van der Waals surface area contributed by atoms with Crippen LogP contribution in [0.15, 0.2) is 23.1 Å². The fraction of sp³-hybridized carbons (Fsp3) is 0.167. The molecule has 0 spiro atoms. The van der Waals surface area contributed by atoms with E-state index in [0.717, 1.165) is 12.1 Å². The van der Waals surface area contributed by atoms with Crippen molar-refractivity contribution in [1.29, 1.82) is 0 Å². The summed E-state index contributed by atoms with van der Waals surface area (Å²) in [4.78, 5) is 1.05. The van der Waals surface area contributed by atoms with E-state index in [2.05, 4.69) is 4.72 Å². The minimum Gasteiger partial charge on any atom is -0.391 e. The van der Waals surface area contributed by atoms with Crippen LogP contribution in [-0.2, 0) is 16.6 Å². The molecule has 0 saturated carbocycles. The lowest BCUT2D eigenvalue weighted by Gasteiger charge is -2.11. The Balaban J connectivity index is 2.44. The van der Waals surface area contributed by atoms with Crippen LogP contribution >= 0.6 is 34.5 Å². The predicted molar refractivity (Wildman–Crippen MR) is 82.2 cm³/mol. The molecule has 0 radical (unpaired) electrons. The first-order valence-corrected chi connectivity index (χ1v) is 8.67. The van der Waals surface area contributed by atoms with Crippen LogP contribution in [0.3, 0.4) is 0 Å². The summed E-state index contributed by atoms with van der Waals surface area (Å²) in [5, 5.41) is 8.78. The highest BCUT2D eigenvalue weighted by atomic mass is 35.5. The monoisotopic (exact) mass is 369 g/mol. The highest BCUT2D eigenvalue weighted by Gasteiger charge is 2.22. The molecule has 1 heterocycles. The topological polar surface area (TPSA) is 66.4 Å². The summed E-state index contributed by atoms with van der Waals surface area (Å²) in [6, 6.07) is 3.30. The Labute approximate surface area is 135 Å². The zero-order valence-electron chi connectivity index (χ0n) is 10.7. The van der Waals surface area contributed by atoms with Gasteiger partial charge in [0.15, 0.2) is 0 Å². The summed E-state index contributed by atoms with van der Waals surface area (Å²) in [5.74, 6) is -0.665. The first kappa shape index (κ1) is 16.5. The fourth-order valence-electron chi connectivity index (χ4n) is 1.70. The van der Waals surface area contributed by atoms with Crippen molar-refractivity contribution >= 4 is 50.2 Å². The van der Waals surface area contributed by atoms with Gasteiger partial charge in [-0.15, -0.1) is 11.3 Å². The minimum absolute atomic E-state index is 0.0213. The molecule has 0 aliphatic heterocycles. The number of aliphatic hydroxyl groups excluding tert-OH is 1. The van der Waals surface area contributed by atoms with Gasteiger partial charge in [0.05, 0.1) is 22.3 Å². The number of rotatable bonds is 4. The number of halogens is 3. The molecule has 0 bridgehead atoms. The van der Waals surface area contributed by atoms with E-state index < -0.39 is 15.8 Å². The maximum Gasteiger partial charge on any atom is 0.263 e. The smallest absolute Gasteiger partial charge is 0.263 e. The number of thiophene rings is 1. The van der Waals surface area contributed by atoms with E-state index in [1.807, 2.05) is 0 Å². The lowest BCUT2D eigenvalue weighted by atomic mass is 10.3. The maximum atomic E-state index is 13.1. The van der Waals surface area contributed by atoms with E-state index in [0.29, 0.717) is 9.75 Å². The Morgan fingerprint density at radius 2 is 1.86 bits per heavy atom. The molecule has 0 amide bonds. The summed E-state index contributed by atoms with van der Waals surface area (Å²) in [6.45, 7) is 1.37. The third-order valence-electron chi connectivity index (χ3n) is 2.61. The van der Waals surface area contributed by atoms with Gasteiger partial charge in [0.1, 0.15) is 10.7 Å². The Bertz CT molecular complexity index is 767. The zero-order chi connectivity index (χ0) is 15.8. The van der Waals surface area contributed by atoms with E-state index in [4.69, 9.17) is 28.3 Å². The molecule has 0 fully saturated rings.